The highest BCUT2D eigenvalue weighted by Gasteiger charge is 2.17. The zero-order valence-electron chi connectivity index (χ0n) is 13.0. The van der Waals surface area contributed by atoms with Crippen molar-refractivity contribution in [2.24, 2.45) is 10.8 Å². The maximum Gasteiger partial charge on any atom is 0.149 e. The lowest BCUT2D eigenvalue weighted by Gasteiger charge is -2.14. The lowest BCUT2D eigenvalue weighted by atomic mass is 9.99. The third-order valence-electron chi connectivity index (χ3n) is 3.58. The van der Waals surface area contributed by atoms with E-state index in [1.54, 1.807) is 12.1 Å². The van der Waals surface area contributed by atoms with Crippen LogP contribution in [0.3, 0.4) is 0 Å². The van der Waals surface area contributed by atoms with E-state index in [2.05, 4.69) is 15.4 Å². The van der Waals surface area contributed by atoms with Crippen molar-refractivity contribution in [3.05, 3.63) is 65.3 Å². The number of nitrogens with two attached hydrogens (primary N) is 1. The fourth-order valence-electron chi connectivity index (χ4n) is 2.33. The monoisotopic (exact) mass is 332 g/mol. The standard InChI is InChI=1S/C16H18F2N6/c1-2-10(12-5-6-14(23-12)16(19)20)15(24-21)8-22-13-4-3-9(17)7-11(13)18/h3-8,10,21-23H,2H2,1H3,(H3,19,20)/b15-8-,24-21?. The van der Waals surface area contributed by atoms with Crippen molar-refractivity contribution in [3.63, 3.8) is 0 Å². The normalized spacial score (nSPS) is 12.7. The van der Waals surface area contributed by atoms with E-state index in [1.807, 2.05) is 6.92 Å². The van der Waals surface area contributed by atoms with Crippen LogP contribution in [-0.4, -0.2) is 10.8 Å². The zero-order chi connectivity index (χ0) is 17.7. The summed E-state index contributed by atoms with van der Waals surface area (Å²) < 4.78 is 26.6. The first-order valence-corrected chi connectivity index (χ1v) is 7.28. The van der Waals surface area contributed by atoms with Crippen LogP contribution in [0.2, 0.25) is 0 Å². The molecule has 6 nitrogen and oxygen atoms in total. The number of H-pyrrole nitrogens is 1. The van der Waals surface area contributed by atoms with E-state index in [0.717, 1.165) is 17.8 Å². The van der Waals surface area contributed by atoms with Gasteiger partial charge in [0.2, 0.25) is 0 Å². The molecule has 0 aliphatic carbocycles. The molecule has 8 heteroatoms. The molecule has 24 heavy (non-hydrogen) atoms. The second-order valence-electron chi connectivity index (χ2n) is 5.15. The molecule has 2 aromatic rings. The summed E-state index contributed by atoms with van der Waals surface area (Å²) in [4.78, 5) is 3.01. The molecule has 6 N–H and O–H groups in total. The van der Waals surface area contributed by atoms with Gasteiger partial charge in [0.15, 0.2) is 0 Å². The lowest BCUT2D eigenvalue weighted by Crippen LogP contribution is -2.12. The summed E-state index contributed by atoms with van der Waals surface area (Å²) >= 11 is 0. The first-order chi connectivity index (χ1) is 11.5. The number of hydrogen-bond acceptors (Lipinski definition) is 4. The molecule has 0 amide bonds. The molecule has 2 rings (SSSR count). The molecule has 0 bridgehead atoms. The number of aromatic amines is 1. The second-order valence-corrected chi connectivity index (χ2v) is 5.15. The van der Waals surface area contributed by atoms with E-state index in [-0.39, 0.29) is 17.4 Å². The van der Waals surface area contributed by atoms with Crippen LogP contribution in [0.25, 0.3) is 0 Å². The minimum Gasteiger partial charge on any atom is -0.382 e. The Hall–Kier alpha value is -3.03. The Morgan fingerprint density at radius 2 is 2.12 bits per heavy atom. The van der Waals surface area contributed by atoms with Gasteiger partial charge in [-0.3, -0.25) is 5.41 Å². The van der Waals surface area contributed by atoms with E-state index < -0.39 is 11.6 Å². The Kier molecular flexibility index (Phi) is 5.41. The maximum atomic E-state index is 13.7. The predicted octanol–water partition coefficient (Wildman–Crippen LogP) is 4.06. The quantitative estimate of drug-likeness (QED) is 0.299. The van der Waals surface area contributed by atoms with Crippen LogP contribution in [0.5, 0.6) is 0 Å². The number of benzene rings is 1. The first-order valence-electron chi connectivity index (χ1n) is 7.28. The highest BCUT2D eigenvalue weighted by atomic mass is 19.1. The predicted molar refractivity (Wildman–Crippen MR) is 88.1 cm³/mol. The SMILES string of the molecule is CCC(/C(=C/Nc1ccc(F)cc1F)N=N)c1ccc(C(=N)N)[nH]1. The summed E-state index contributed by atoms with van der Waals surface area (Å²) in [5, 5.41) is 13.6. The van der Waals surface area contributed by atoms with Crippen molar-refractivity contribution in [2.45, 2.75) is 19.3 Å². The Morgan fingerprint density at radius 3 is 2.67 bits per heavy atom. The number of amidine groups is 1. The van der Waals surface area contributed by atoms with Gasteiger partial charge in [0.25, 0.3) is 0 Å². The van der Waals surface area contributed by atoms with Crippen molar-refractivity contribution in [2.75, 3.05) is 5.32 Å². The maximum absolute atomic E-state index is 13.7. The molecule has 1 heterocycles. The molecule has 0 radical (unpaired) electrons. The van der Waals surface area contributed by atoms with Crippen LogP contribution in [-0.2, 0) is 0 Å². The lowest BCUT2D eigenvalue weighted by molar-refractivity contribution is 0.586. The number of nitrogens with zero attached hydrogens (tertiary/aromatic N) is 1. The van der Waals surface area contributed by atoms with Crippen LogP contribution < -0.4 is 11.1 Å². The molecule has 126 valence electrons. The molecule has 1 aromatic heterocycles. The van der Waals surface area contributed by atoms with Gasteiger partial charge in [-0.2, -0.15) is 5.11 Å². The highest BCUT2D eigenvalue weighted by Crippen LogP contribution is 2.28. The molecule has 0 spiro atoms. The average Bonchev–Trinajstić information content (AvgIpc) is 3.02. The number of rotatable bonds is 7. The third kappa shape index (κ3) is 3.83. The summed E-state index contributed by atoms with van der Waals surface area (Å²) in [5.74, 6) is -1.74. The zero-order valence-corrected chi connectivity index (χ0v) is 13.0. The number of nitrogens with one attached hydrogen (secondary N) is 4. The van der Waals surface area contributed by atoms with Crippen molar-refractivity contribution in [1.29, 1.82) is 10.9 Å². The number of aromatic nitrogens is 1. The van der Waals surface area contributed by atoms with Crippen LogP contribution >= 0.6 is 0 Å². The molecule has 0 fully saturated rings. The Balaban J connectivity index is 2.26. The van der Waals surface area contributed by atoms with Crippen molar-refractivity contribution >= 4 is 11.5 Å². The van der Waals surface area contributed by atoms with Crippen molar-refractivity contribution in [3.8, 4) is 0 Å². The van der Waals surface area contributed by atoms with Crippen LogP contribution in [0.1, 0.15) is 30.7 Å². The fourth-order valence-corrected chi connectivity index (χ4v) is 2.33. The van der Waals surface area contributed by atoms with Gasteiger partial charge in [0.05, 0.1) is 17.1 Å². The summed E-state index contributed by atoms with van der Waals surface area (Å²) in [7, 11) is 0. The van der Waals surface area contributed by atoms with Gasteiger partial charge >= 0.3 is 0 Å². The Labute approximate surface area is 137 Å². The van der Waals surface area contributed by atoms with Crippen molar-refractivity contribution < 1.29 is 8.78 Å². The average molecular weight is 332 g/mol. The van der Waals surface area contributed by atoms with Crippen LogP contribution in [0.15, 0.2) is 47.3 Å². The molecule has 1 atom stereocenters. The minimum absolute atomic E-state index is 0.0864. The number of nitrogen functional groups attached to an aromatic ring is 1. The smallest absolute Gasteiger partial charge is 0.149 e. The topological polar surface area (TPSA) is 114 Å². The molecule has 0 aliphatic rings. The van der Waals surface area contributed by atoms with E-state index in [0.29, 0.717) is 17.8 Å². The fraction of sp³-hybridized carbons (Fsp3) is 0.188. The summed E-state index contributed by atoms with van der Waals surface area (Å²) in [5.41, 5.74) is 14.5. The summed E-state index contributed by atoms with van der Waals surface area (Å²) in [6.45, 7) is 1.91. The van der Waals surface area contributed by atoms with E-state index >= 15 is 0 Å². The van der Waals surface area contributed by atoms with Gasteiger partial charge in [0.1, 0.15) is 17.5 Å². The molecule has 0 aliphatic heterocycles. The summed E-state index contributed by atoms with van der Waals surface area (Å²) in [6, 6.07) is 6.62. The molecular weight excluding hydrogens is 314 g/mol. The van der Waals surface area contributed by atoms with E-state index in [1.165, 1.54) is 12.3 Å². The third-order valence-corrected chi connectivity index (χ3v) is 3.58. The summed E-state index contributed by atoms with van der Waals surface area (Å²) in [6.07, 6.45) is 2.03. The van der Waals surface area contributed by atoms with Gasteiger partial charge in [-0.15, -0.1) is 0 Å². The van der Waals surface area contributed by atoms with Crippen LogP contribution in [0.4, 0.5) is 14.5 Å². The molecular formula is C16H18F2N6. The number of allylic oxidation sites excluding steroid dienone is 1. The second kappa shape index (κ2) is 7.49. The molecule has 1 unspecified atom stereocenters. The molecule has 0 saturated carbocycles. The largest absolute Gasteiger partial charge is 0.382 e. The minimum atomic E-state index is -0.734. The van der Waals surface area contributed by atoms with Gasteiger partial charge in [0, 0.05) is 23.9 Å². The van der Waals surface area contributed by atoms with Gasteiger partial charge < -0.3 is 16.0 Å². The Bertz CT molecular complexity index is 781. The first kappa shape index (κ1) is 17.3. The van der Waals surface area contributed by atoms with Gasteiger partial charge in [-0.1, -0.05) is 6.92 Å². The number of anilines is 1. The molecule has 1 aromatic carbocycles. The van der Waals surface area contributed by atoms with E-state index in [4.69, 9.17) is 16.7 Å². The van der Waals surface area contributed by atoms with Gasteiger partial charge in [-0.25, -0.2) is 14.3 Å². The van der Waals surface area contributed by atoms with Gasteiger partial charge in [-0.05, 0) is 30.7 Å². The number of halogens is 2. The van der Waals surface area contributed by atoms with Crippen LogP contribution in [0, 0.1) is 22.6 Å². The Morgan fingerprint density at radius 1 is 1.38 bits per heavy atom. The van der Waals surface area contributed by atoms with E-state index in [9.17, 15) is 8.78 Å². The van der Waals surface area contributed by atoms with Crippen molar-refractivity contribution in [1.82, 2.24) is 4.98 Å². The molecule has 0 saturated heterocycles. The highest BCUT2D eigenvalue weighted by molar-refractivity contribution is 5.93. The number of hydrogen-bond donors (Lipinski definition) is 5.